The van der Waals surface area contributed by atoms with Gasteiger partial charge in [0.25, 0.3) is 0 Å². The Hall–Kier alpha value is -14.7. The number of hydrogen-bond acceptors (Lipinski definition) is 7. The van der Waals surface area contributed by atoms with E-state index in [0.29, 0.717) is 6.67 Å². The molecular weight excluding hydrogens is 1360 g/mol. The van der Waals surface area contributed by atoms with Crippen LogP contribution in [0.1, 0.15) is 27.8 Å². The second-order valence-corrected chi connectivity index (χ2v) is 30.1. The Morgan fingerprint density at radius 2 is 1.00 bits per heavy atom. The molecule has 0 saturated carbocycles. The maximum Gasteiger partial charge on any atom is 0.144 e. The van der Waals surface area contributed by atoms with Gasteiger partial charge >= 0.3 is 0 Å². The molecule has 2 aliphatic heterocycles. The summed E-state index contributed by atoms with van der Waals surface area (Å²) in [5, 5.41) is 14.9. The van der Waals surface area contributed by atoms with E-state index in [2.05, 4.69) is 379 Å². The molecule has 3 aliphatic carbocycles. The number of fused-ring (bicyclic) bond motifs is 25. The lowest BCUT2D eigenvalue weighted by Gasteiger charge is -2.34. The number of allylic oxidation sites excluding steroid dienone is 4. The predicted molar refractivity (Wildman–Crippen MR) is 467 cm³/mol. The smallest absolute Gasteiger partial charge is 0.144 e. The van der Waals surface area contributed by atoms with Crippen molar-refractivity contribution in [2.24, 2.45) is 9.98 Å². The summed E-state index contributed by atoms with van der Waals surface area (Å²) in [6.07, 6.45) is 17.3. The van der Waals surface area contributed by atoms with E-state index in [1.54, 1.807) is 6.34 Å². The summed E-state index contributed by atoms with van der Waals surface area (Å²) in [6, 6.07) is 121. The number of benzene rings is 17. The summed E-state index contributed by atoms with van der Waals surface area (Å²) < 4.78 is 15.5. The molecule has 0 amide bonds. The van der Waals surface area contributed by atoms with Gasteiger partial charge in [-0.2, -0.15) is 0 Å². The third-order valence-corrected chi connectivity index (χ3v) is 24.4. The van der Waals surface area contributed by atoms with Gasteiger partial charge < -0.3 is 23.5 Å². The quantitative estimate of drug-likeness (QED) is 0.106. The highest BCUT2D eigenvalue weighted by Crippen LogP contribution is 2.64. The topological polar surface area (TPSA) is 60.7 Å². The van der Waals surface area contributed by atoms with Crippen LogP contribution in [0.2, 0.25) is 0 Å². The van der Waals surface area contributed by atoms with Crippen molar-refractivity contribution in [1.82, 2.24) is 0 Å². The van der Waals surface area contributed by atoms with E-state index >= 15 is 0 Å². The molecule has 112 heavy (non-hydrogen) atoms. The number of rotatable bonds is 9. The summed E-state index contributed by atoms with van der Waals surface area (Å²) in [7, 11) is 0. The van der Waals surface area contributed by atoms with Gasteiger partial charge in [0.05, 0.1) is 45.9 Å². The maximum atomic E-state index is 7.89. The summed E-state index contributed by atoms with van der Waals surface area (Å²) >= 11 is 0. The van der Waals surface area contributed by atoms with Gasteiger partial charge in [-0.3, -0.25) is 4.99 Å². The number of hydrogen-bond donors (Lipinski definition) is 0. The van der Waals surface area contributed by atoms with Crippen LogP contribution in [0.5, 0.6) is 0 Å². The highest BCUT2D eigenvalue weighted by Gasteiger charge is 2.52. The molecule has 0 fully saturated rings. The Kier molecular flexibility index (Phi) is 13.5. The maximum absolute atomic E-state index is 7.89. The summed E-state index contributed by atoms with van der Waals surface area (Å²) in [5.41, 5.74) is 27.8. The van der Waals surface area contributed by atoms with Crippen molar-refractivity contribution in [3.8, 4) is 55.6 Å². The number of anilines is 5. The standard InChI is InChI=1S/C105H65N5O2/c1-3-25-65(26-4-1)72-31-9-10-32-73(72)81-40-21-41-83-99-96(112-103(81)83)60-93(108-62-106-61-107-63-108)86-59-94(82-51-52-84-98-92(45-22-46-95(98)111-104(84)101(82)100(86)99)109-55-23-30-70-57-69(49-54-91(70)109)68-48-47-64-24-7-8-29-67(64)56-68)110(102-79-38-13-11-36-77(79)97(66-27-5-2-6-28-66)78-37-12-14-39-80(78)102)71-50-53-90-85(58-71)76-35-17-20-44-89(76)105(90)87-42-18-15-33-74(87)75-34-16-19-43-88(75)105/h1-62,91H,63H2. The van der Waals surface area contributed by atoms with Gasteiger partial charge in [-0.25, -0.2) is 4.99 Å². The lowest BCUT2D eigenvalue weighted by Crippen LogP contribution is -2.33. The number of para-hydroxylation sites is 1. The third kappa shape index (κ3) is 8.92. The van der Waals surface area contributed by atoms with Gasteiger partial charge in [-0.05, 0) is 165 Å². The molecule has 0 N–H and O–H groups in total. The van der Waals surface area contributed by atoms with Crippen molar-refractivity contribution in [3.63, 3.8) is 0 Å². The first-order valence-electron chi connectivity index (χ1n) is 38.5. The molecule has 5 aliphatic rings. The second kappa shape index (κ2) is 24.2. The largest absolute Gasteiger partial charge is 0.455 e. The van der Waals surface area contributed by atoms with Crippen molar-refractivity contribution >= 4 is 144 Å². The molecule has 7 heteroatoms. The molecule has 24 rings (SSSR count). The van der Waals surface area contributed by atoms with Crippen LogP contribution in [0.3, 0.4) is 0 Å². The monoisotopic (exact) mass is 1430 g/mol. The molecule has 7 nitrogen and oxygen atoms in total. The number of furan rings is 2. The average molecular weight is 1430 g/mol. The minimum Gasteiger partial charge on any atom is -0.455 e. The van der Waals surface area contributed by atoms with Crippen molar-refractivity contribution < 1.29 is 8.83 Å². The average Bonchev–Trinajstić information content (AvgIpc) is 1.49. The zero-order valence-corrected chi connectivity index (χ0v) is 60.6. The molecule has 1 atom stereocenters. The molecule has 19 aromatic rings. The summed E-state index contributed by atoms with van der Waals surface area (Å²) in [6.45, 7) is 0.331. The Bertz CT molecular complexity index is 7410. The van der Waals surface area contributed by atoms with Crippen molar-refractivity contribution in [2.45, 2.75) is 11.5 Å². The highest BCUT2D eigenvalue weighted by molar-refractivity contribution is 6.38. The van der Waals surface area contributed by atoms with Crippen molar-refractivity contribution in [2.75, 3.05) is 21.4 Å². The first-order valence-corrected chi connectivity index (χ1v) is 38.5. The zero-order valence-electron chi connectivity index (χ0n) is 60.6. The molecule has 1 spiro atoms. The summed E-state index contributed by atoms with van der Waals surface area (Å²) in [5.74, 6) is 0. The van der Waals surface area contributed by atoms with Crippen LogP contribution >= 0.6 is 0 Å². The first kappa shape index (κ1) is 62.4. The predicted octanol–water partition coefficient (Wildman–Crippen LogP) is 27.2. The first-order chi connectivity index (χ1) is 55.6. The van der Waals surface area contributed by atoms with E-state index in [4.69, 9.17) is 18.8 Å². The van der Waals surface area contributed by atoms with Crippen LogP contribution in [0.25, 0.3) is 159 Å². The van der Waals surface area contributed by atoms with E-state index in [9.17, 15) is 0 Å². The Morgan fingerprint density at radius 3 is 1.74 bits per heavy atom. The fraction of sp³-hybridized carbons (Fsp3) is 0.0286. The van der Waals surface area contributed by atoms with Crippen LogP contribution in [-0.2, 0) is 5.41 Å². The molecule has 4 heterocycles. The van der Waals surface area contributed by atoms with Crippen LogP contribution in [0, 0.1) is 0 Å². The van der Waals surface area contributed by atoms with E-state index < -0.39 is 5.41 Å². The van der Waals surface area contributed by atoms with Crippen molar-refractivity contribution in [1.29, 1.82) is 0 Å². The second-order valence-electron chi connectivity index (χ2n) is 30.1. The van der Waals surface area contributed by atoms with Gasteiger partial charge in [0.1, 0.15) is 35.3 Å². The van der Waals surface area contributed by atoms with E-state index in [1.807, 2.05) is 6.34 Å². The third-order valence-electron chi connectivity index (χ3n) is 24.4. The normalized spacial score (nSPS) is 15.0. The van der Waals surface area contributed by atoms with Crippen LogP contribution < -0.4 is 14.7 Å². The molecular formula is C105H65N5O2. The van der Waals surface area contributed by atoms with E-state index in [0.717, 1.165) is 143 Å². The minimum atomic E-state index is -0.567. The fourth-order valence-corrected chi connectivity index (χ4v) is 19.8. The SMILES string of the molecule is C1=CN(c2cccc3oc4c(ccc5c(N(c6ccc7c(c6)-c6ccccc6C76c7ccccc7-c7ccccc76)c6c7ccccc7c(-c7ccccc7)c7ccccc67)cc6c(N7C=NC=NC7)cc7oc8c(-c9ccccc9-c9ccccc9)cccc8c7c6c54)c23)C2C=CC(c3ccc4ccccc4c3)=CC2=C1. The Balaban J connectivity index is 0.827. The molecule has 2 aromatic heterocycles. The van der Waals surface area contributed by atoms with Gasteiger partial charge in [0, 0.05) is 72.0 Å². The van der Waals surface area contributed by atoms with Crippen LogP contribution in [0.4, 0.5) is 28.4 Å². The lowest BCUT2D eigenvalue weighted by molar-refractivity contribution is 0.670. The van der Waals surface area contributed by atoms with E-state index in [-0.39, 0.29) is 6.04 Å². The van der Waals surface area contributed by atoms with Gasteiger partial charge in [-0.1, -0.05) is 297 Å². The molecule has 0 bridgehead atoms. The van der Waals surface area contributed by atoms with Crippen LogP contribution in [0.15, 0.2) is 389 Å². The molecule has 522 valence electrons. The van der Waals surface area contributed by atoms with Gasteiger partial charge in [-0.15, -0.1) is 0 Å². The van der Waals surface area contributed by atoms with Gasteiger partial charge in [0.15, 0.2) is 0 Å². The van der Waals surface area contributed by atoms with Crippen molar-refractivity contribution in [3.05, 3.63) is 398 Å². The Labute approximate surface area is 645 Å². The fourth-order valence-electron chi connectivity index (χ4n) is 19.8. The number of aliphatic imine (C=N–C) groups is 2. The van der Waals surface area contributed by atoms with Crippen LogP contribution in [-0.4, -0.2) is 25.4 Å². The van der Waals surface area contributed by atoms with Gasteiger partial charge in [0.2, 0.25) is 0 Å². The molecule has 17 aromatic carbocycles. The van der Waals surface area contributed by atoms with E-state index in [1.165, 1.54) is 77.6 Å². The molecule has 1 unspecified atom stereocenters. The Morgan fingerprint density at radius 1 is 0.393 bits per heavy atom. The molecule has 0 saturated heterocycles. The zero-order chi connectivity index (χ0) is 73.3. The molecule has 0 radical (unpaired) electrons. The minimum absolute atomic E-state index is 0.0917. The lowest BCUT2D eigenvalue weighted by atomic mass is 9.70. The number of nitrogens with zero attached hydrogens (tertiary/aromatic N) is 5. The summed E-state index contributed by atoms with van der Waals surface area (Å²) in [4.78, 5) is 16.9. The highest BCUT2D eigenvalue weighted by atomic mass is 16.3.